The molecule has 0 atom stereocenters. The van der Waals surface area contributed by atoms with Crippen LogP contribution in [0, 0.1) is 13.8 Å². The van der Waals surface area contributed by atoms with Crippen LogP contribution in [0.1, 0.15) is 16.8 Å². The molecule has 0 saturated carbocycles. The Balaban J connectivity index is 1.40. The molecule has 3 aromatic rings. The van der Waals surface area contributed by atoms with Crippen molar-refractivity contribution in [1.29, 1.82) is 0 Å². The first-order valence-corrected chi connectivity index (χ1v) is 10.7. The van der Waals surface area contributed by atoms with Crippen molar-refractivity contribution in [2.24, 2.45) is 0 Å². The molecule has 0 N–H and O–H groups in total. The molecule has 28 heavy (non-hydrogen) atoms. The van der Waals surface area contributed by atoms with Gasteiger partial charge in [-0.2, -0.15) is 4.31 Å². The zero-order valence-corrected chi connectivity index (χ0v) is 16.8. The molecule has 0 bridgehead atoms. The van der Waals surface area contributed by atoms with Crippen molar-refractivity contribution >= 4 is 10.0 Å². The van der Waals surface area contributed by atoms with Crippen LogP contribution in [-0.2, 0) is 16.6 Å². The Labute approximate surface area is 164 Å². The van der Waals surface area contributed by atoms with Crippen molar-refractivity contribution < 1.29 is 17.4 Å². The normalized spacial score (nSPS) is 16.5. The number of hydrogen-bond donors (Lipinski definition) is 0. The van der Waals surface area contributed by atoms with E-state index in [1.165, 1.54) is 0 Å². The van der Waals surface area contributed by atoms with Crippen LogP contribution in [0.15, 0.2) is 56.5 Å². The highest BCUT2D eigenvalue weighted by atomic mass is 32.2. The maximum absolute atomic E-state index is 13.0. The van der Waals surface area contributed by atoms with Gasteiger partial charge in [0, 0.05) is 38.8 Å². The standard InChI is InChI=1S/C20H23N3O4S/c1-15-5-6-16(2)20(12-15)28(24,25)23-9-7-22(8-10-23)14-17-13-19(27-21-17)18-4-3-11-26-18/h3-6,11-13H,7-10,14H2,1-2H3. The van der Waals surface area contributed by atoms with E-state index in [2.05, 4.69) is 10.1 Å². The molecule has 2 aromatic heterocycles. The van der Waals surface area contributed by atoms with E-state index in [4.69, 9.17) is 8.94 Å². The van der Waals surface area contributed by atoms with Crippen LogP contribution >= 0.6 is 0 Å². The SMILES string of the molecule is Cc1ccc(C)c(S(=O)(=O)N2CCN(Cc3cc(-c4ccco4)on3)CC2)c1. The largest absolute Gasteiger partial charge is 0.461 e. The summed E-state index contributed by atoms with van der Waals surface area (Å²) in [5, 5.41) is 4.09. The fourth-order valence-electron chi connectivity index (χ4n) is 3.40. The number of rotatable bonds is 5. The van der Waals surface area contributed by atoms with Gasteiger partial charge in [-0.1, -0.05) is 17.3 Å². The summed E-state index contributed by atoms with van der Waals surface area (Å²) >= 11 is 0. The molecule has 1 aliphatic rings. The number of sulfonamides is 1. The number of piperazine rings is 1. The molecule has 1 fully saturated rings. The van der Waals surface area contributed by atoms with Gasteiger partial charge in [0.25, 0.3) is 0 Å². The Bertz CT molecular complexity index is 1050. The van der Waals surface area contributed by atoms with Crippen LogP contribution in [0.3, 0.4) is 0 Å². The quantitative estimate of drug-likeness (QED) is 0.654. The summed E-state index contributed by atoms with van der Waals surface area (Å²) in [7, 11) is -3.48. The van der Waals surface area contributed by atoms with Crippen LogP contribution in [0.2, 0.25) is 0 Å². The Morgan fingerprint density at radius 3 is 2.54 bits per heavy atom. The highest BCUT2D eigenvalue weighted by molar-refractivity contribution is 7.89. The van der Waals surface area contributed by atoms with Gasteiger partial charge < -0.3 is 8.94 Å². The molecule has 7 nitrogen and oxygen atoms in total. The fourth-order valence-corrected chi connectivity index (χ4v) is 5.13. The highest BCUT2D eigenvalue weighted by Gasteiger charge is 2.30. The predicted octanol–water partition coefficient (Wildman–Crippen LogP) is 3.06. The van der Waals surface area contributed by atoms with Crippen LogP contribution in [0.4, 0.5) is 0 Å². The average Bonchev–Trinajstić information content (AvgIpc) is 3.36. The molecule has 0 unspecified atom stereocenters. The zero-order valence-electron chi connectivity index (χ0n) is 16.0. The Hall–Kier alpha value is -2.42. The van der Waals surface area contributed by atoms with Crippen LogP contribution < -0.4 is 0 Å². The molecule has 0 radical (unpaired) electrons. The topological polar surface area (TPSA) is 79.8 Å². The molecule has 1 aliphatic heterocycles. The van der Waals surface area contributed by atoms with Gasteiger partial charge in [0.1, 0.15) is 0 Å². The van der Waals surface area contributed by atoms with Gasteiger partial charge in [0.05, 0.1) is 16.9 Å². The molecule has 0 aliphatic carbocycles. The third-order valence-electron chi connectivity index (χ3n) is 5.00. The number of benzene rings is 1. The minimum atomic E-state index is -3.48. The van der Waals surface area contributed by atoms with Crippen molar-refractivity contribution in [1.82, 2.24) is 14.4 Å². The minimum absolute atomic E-state index is 0.403. The molecule has 0 amide bonds. The Morgan fingerprint density at radius 2 is 1.82 bits per heavy atom. The highest BCUT2D eigenvalue weighted by Crippen LogP contribution is 2.24. The van der Waals surface area contributed by atoms with Crippen molar-refractivity contribution in [3.63, 3.8) is 0 Å². The first-order valence-electron chi connectivity index (χ1n) is 9.23. The fraction of sp³-hybridized carbons (Fsp3) is 0.350. The first kappa shape index (κ1) is 18.9. The van der Waals surface area contributed by atoms with E-state index in [1.807, 2.05) is 38.1 Å². The molecule has 148 valence electrons. The molecule has 4 rings (SSSR count). The summed E-state index contributed by atoms with van der Waals surface area (Å²) in [6.07, 6.45) is 1.59. The summed E-state index contributed by atoms with van der Waals surface area (Å²) < 4.78 is 38.3. The van der Waals surface area contributed by atoms with E-state index in [0.717, 1.165) is 16.8 Å². The first-order chi connectivity index (χ1) is 13.4. The maximum atomic E-state index is 13.0. The van der Waals surface area contributed by atoms with Gasteiger partial charge in [-0.25, -0.2) is 8.42 Å². The van der Waals surface area contributed by atoms with Crippen LogP contribution in [0.25, 0.3) is 11.5 Å². The average molecular weight is 401 g/mol. The van der Waals surface area contributed by atoms with E-state index in [9.17, 15) is 8.42 Å². The van der Waals surface area contributed by atoms with E-state index in [-0.39, 0.29) is 0 Å². The second kappa shape index (κ2) is 7.54. The molecule has 1 aromatic carbocycles. The maximum Gasteiger partial charge on any atom is 0.243 e. The lowest BCUT2D eigenvalue weighted by Gasteiger charge is -2.33. The van der Waals surface area contributed by atoms with E-state index in [1.54, 1.807) is 22.7 Å². The number of aromatic nitrogens is 1. The number of hydrogen-bond acceptors (Lipinski definition) is 6. The van der Waals surface area contributed by atoms with E-state index < -0.39 is 10.0 Å². The van der Waals surface area contributed by atoms with E-state index in [0.29, 0.717) is 49.1 Å². The van der Waals surface area contributed by atoms with Gasteiger partial charge >= 0.3 is 0 Å². The van der Waals surface area contributed by atoms with Gasteiger partial charge in [0.15, 0.2) is 5.76 Å². The third-order valence-corrected chi connectivity index (χ3v) is 7.04. The number of furan rings is 1. The Morgan fingerprint density at radius 1 is 1.04 bits per heavy atom. The van der Waals surface area contributed by atoms with Gasteiger partial charge in [0.2, 0.25) is 15.8 Å². The number of nitrogens with zero attached hydrogens (tertiary/aromatic N) is 3. The summed E-state index contributed by atoms with van der Waals surface area (Å²) in [6, 6.07) is 11.0. The van der Waals surface area contributed by atoms with Gasteiger partial charge in [-0.05, 0) is 43.2 Å². The minimum Gasteiger partial charge on any atom is -0.461 e. The lowest BCUT2D eigenvalue weighted by molar-refractivity contribution is 0.178. The molecule has 1 saturated heterocycles. The summed E-state index contributed by atoms with van der Waals surface area (Å²) in [5.74, 6) is 1.24. The molecular weight excluding hydrogens is 378 g/mol. The molecule has 0 spiro atoms. The van der Waals surface area contributed by atoms with Crippen molar-refractivity contribution in [3.8, 4) is 11.5 Å². The third kappa shape index (κ3) is 3.76. The lowest BCUT2D eigenvalue weighted by atomic mass is 10.2. The van der Waals surface area contributed by atoms with Crippen molar-refractivity contribution in [3.05, 3.63) is 59.5 Å². The van der Waals surface area contributed by atoms with Crippen molar-refractivity contribution in [2.45, 2.75) is 25.3 Å². The summed E-state index contributed by atoms with van der Waals surface area (Å²) in [4.78, 5) is 2.58. The monoisotopic (exact) mass is 401 g/mol. The molecular formula is C20H23N3O4S. The number of aryl methyl sites for hydroxylation is 2. The second-order valence-electron chi connectivity index (χ2n) is 7.11. The predicted molar refractivity (Wildman–Crippen MR) is 104 cm³/mol. The Kier molecular flexibility index (Phi) is 5.09. The second-order valence-corrected chi connectivity index (χ2v) is 9.02. The van der Waals surface area contributed by atoms with Crippen LogP contribution in [-0.4, -0.2) is 49.0 Å². The van der Waals surface area contributed by atoms with Crippen LogP contribution in [0.5, 0.6) is 0 Å². The van der Waals surface area contributed by atoms with Gasteiger partial charge in [-0.15, -0.1) is 0 Å². The zero-order chi connectivity index (χ0) is 19.7. The molecule has 8 heteroatoms. The smallest absolute Gasteiger partial charge is 0.243 e. The van der Waals surface area contributed by atoms with E-state index >= 15 is 0 Å². The lowest BCUT2D eigenvalue weighted by Crippen LogP contribution is -2.48. The molecule has 3 heterocycles. The van der Waals surface area contributed by atoms with Gasteiger partial charge in [-0.3, -0.25) is 4.90 Å². The van der Waals surface area contributed by atoms with Crippen molar-refractivity contribution in [2.75, 3.05) is 26.2 Å². The summed E-state index contributed by atoms with van der Waals surface area (Å²) in [5.41, 5.74) is 2.53. The summed E-state index contributed by atoms with van der Waals surface area (Å²) in [6.45, 7) is 6.56.